The average Bonchev–Trinajstić information content (AvgIpc) is 3.08. The molecule has 1 aromatic carbocycles. The summed E-state index contributed by atoms with van der Waals surface area (Å²) in [7, 11) is 0. The van der Waals surface area contributed by atoms with E-state index in [0.717, 1.165) is 45.4 Å². The number of aryl methyl sites for hydroxylation is 1. The molecular weight excluding hydrogens is 319 g/mol. The SMILES string of the molecule is CCn1nccc1CCN1CCC(C(=O)Nc2cccc(F)c2)CC1. The van der Waals surface area contributed by atoms with E-state index in [1.165, 1.54) is 17.8 Å². The van der Waals surface area contributed by atoms with Gasteiger partial charge in [0.15, 0.2) is 0 Å². The number of aromatic nitrogens is 2. The van der Waals surface area contributed by atoms with Crippen molar-refractivity contribution in [2.45, 2.75) is 32.7 Å². The van der Waals surface area contributed by atoms with E-state index >= 15 is 0 Å². The molecule has 6 heteroatoms. The van der Waals surface area contributed by atoms with Gasteiger partial charge in [-0.15, -0.1) is 0 Å². The van der Waals surface area contributed by atoms with Crippen LogP contribution < -0.4 is 5.32 Å². The van der Waals surface area contributed by atoms with Crippen molar-refractivity contribution in [3.8, 4) is 0 Å². The van der Waals surface area contributed by atoms with Crippen molar-refractivity contribution in [3.63, 3.8) is 0 Å². The summed E-state index contributed by atoms with van der Waals surface area (Å²) >= 11 is 0. The largest absolute Gasteiger partial charge is 0.326 e. The lowest BCUT2D eigenvalue weighted by molar-refractivity contribution is -0.121. The summed E-state index contributed by atoms with van der Waals surface area (Å²) in [5.41, 5.74) is 1.79. The lowest BCUT2D eigenvalue weighted by atomic mass is 9.95. The molecule has 2 aromatic rings. The quantitative estimate of drug-likeness (QED) is 0.876. The van der Waals surface area contributed by atoms with Crippen LogP contribution in [0.1, 0.15) is 25.5 Å². The zero-order valence-electron chi connectivity index (χ0n) is 14.6. The third kappa shape index (κ3) is 4.66. The van der Waals surface area contributed by atoms with Crippen LogP contribution in [0.2, 0.25) is 0 Å². The van der Waals surface area contributed by atoms with Crippen LogP contribution in [0.3, 0.4) is 0 Å². The highest BCUT2D eigenvalue weighted by Gasteiger charge is 2.25. The number of carbonyl (C=O) groups excluding carboxylic acids is 1. The standard InChI is InChI=1S/C19H25FN4O/c1-2-24-18(6-10-21-24)9-13-23-11-7-15(8-12-23)19(25)22-17-5-3-4-16(20)14-17/h3-6,10,14-15H,2,7-9,11-13H2,1H3,(H,22,25). The fourth-order valence-electron chi connectivity index (χ4n) is 3.36. The molecule has 134 valence electrons. The van der Waals surface area contributed by atoms with E-state index in [1.807, 2.05) is 10.9 Å². The van der Waals surface area contributed by atoms with Gasteiger partial charge in [0.05, 0.1) is 0 Å². The molecule has 1 aliphatic rings. The maximum atomic E-state index is 13.2. The predicted molar refractivity (Wildman–Crippen MR) is 95.8 cm³/mol. The number of nitrogens with zero attached hydrogens (tertiary/aromatic N) is 3. The number of hydrogen-bond acceptors (Lipinski definition) is 3. The van der Waals surface area contributed by atoms with E-state index in [4.69, 9.17) is 0 Å². The first-order valence-corrected chi connectivity index (χ1v) is 8.95. The first-order chi connectivity index (χ1) is 12.2. The van der Waals surface area contributed by atoms with Crippen LogP contribution in [0.5, 0.6) is 0 Å². The highest BCUT2D eigenvalue weighted by molar-refractivity contribution is 5.92. The van der Waals surface area contributed by atoms with Crippen LogP contribution >= 0.6 is 0 Å². The topological polar surface area (TPSA) is 50.2 Å². The molecule has 1 aliphatic heterocycles. The highest BCUT2D eigenvalue weighted by atomic mass is 19.1. The lowest BCUT2D eigenvalue weighted by Crippen LogP contribution is -2.39. The van der Waals surface area contributed by atoms with Crippen LogP contribution in [-0.2, 0) is 17.8 Å². The molecule has 0 unspecified atom stereocenters. The van der Waals surface area contributed by atoms with Gasteiger partial charge >= 0.3 is 0 Å². The van der Waals surface area contributed by atoms with Gasteiger partial charge < -0.3 is 10.2 Å². The van der Waals surface area contributed by atoms with E-state index in [2.05, 4.69) is 28.3 Å². The van der Waals surface area contributed by atoms with Crippen molar-refractivity contribution in [1.82, 2.24) is 14.7 Å². The van der Waals surface area contributed by atoms with Gasteiger partial charge in [-0.1, -0.05) is 6.07 Å². The molecule has 0 radical (unpaired) electrons. The second-order valence-electron chi connectivity index (χ2n) is 6.50. The normalized spacial score (nSPS) is 16.1. The molecule has 0 bridgehead atoms. The van der Waals surface area contributed by atoms with Crippen LogP contribution in [0.15, 0.2) is 36.5 Å². The number of hydrogen-bond donors (Lipinski definition) is 1. The minimum Gasteiger partial charge on any atom is -0.326 e. The summed E-state index contributed by atoms with van der Waals surface area (Å²) in [4.78, 5) is 14.8. The highest BCUT2D eigenvalue weighted by Crippen LogP contribution is 2.20. The number of halogens is 1. The Morgan fingerprint density at radius 3 is 2.84 bits per heavy atom. The van der Waals surface area contributed by atoms with Gasteiger partial charge in [-0.05, 0) is 57.1 Å². The number of amides is 1. The second kappa shape index (κ2) is 8.25. The average molecular weight is 344 g/mol. The minimum atomic E-state index is -0.334. The van der Waals surface area contributed by atoms with Gasteiger partial charge in [-0.2, -0.15) is 5.10 Å². The molecule has 3 rings (SSSR count). The number of piperidine rings is 1. The summed E-state index contributed by atoms with van der Waals surface area (Å²) in [5.74, 6) is -0.339. The molecule has 1 fully saturated rings. The Balaban J connectivity index is 1.44. The molecule has 5 nitrogen and oxygen atoms in total. The fraction of sp³-hybridized carbons (Fsp3) is 0.474. The zero-order chi connectivity index (χ0) is 17.6. The molecule has 1 saturated heterocycles. The number of nitrogens with one attached hydrogen (secondary N) is 1. The summed E-state index contributed by atoms with van der Waals surface area (Å²) in [6.07, 6.45) is 4.51. The number of rotatable bonds is 6. The number of anilines is 1. The summed E-state index contributed by atoms with van der Waals surface area (Å²) < 4.78 is 15.2. The maximum absolute atomic E-state index is 13.2. The van der Waals surface area contributed by atoms with E-state index < -0.39 is 0 Å². The molecule has 0 aliphatic carbocycles. The van der Waals surface area contributed by atoms with E-state index in [1.54, 1.807) is 12.1 Å². The molecule has 0 spiro atoms. The van der Waals surface area contributed by atoms with Crippen molar-refractivity contribution in [1.29, 1.82) is 0 Å². The van der Waals surface area contributed by atoms with Crippen LogP contribution in [0.25, 0.3) is 0 Å². The first kappa shape index (κ1) is 17.6. The van der Waals surface area contributed by atoms with Crippen LogP contribution in [0, 0.1) is 11.7 Å². The van der Waals surface area contributed by atoms with Gasteiger partial charge in [-0.3, -0.25) is 9.48 Å². The monoisotopic (exact) mass is 344 g/mol. The Bertz CT molecular complexity index is 707. The van der Waals surface area contributed by atoms with E-state index in [9.17, 15) is 9.18 Å². The minimum absolute atomic E-state index is 0.000636. The van der Waals surface area contributed by atoms with Crippen molar-refractivity contribution in [2.24, 2.45) is 5.92 Å². The van der Waals surface area contributed by atoms with Crippen LogP contribution in [0.4, 0.5) is 10.1 Å². The molecule has 0 saturated carbocycles. The smallest absolute Gasteiger partial charge is 0.227 e. The Labute approximate surface area is 147 Å². The fourth-order valence-corrected chi connectivity index (χ4v) is 3.36. The Morgan fingerprint density at radius 2 is 2.12 bits per heavy atom. The summed E-state index contributed by atoms with van der Waals surface area (Å²) in [6, 6.07) is 8.12. The van der Waals surface area contributed by atoms with Gasteiger partial charge in [-0.25, -0.2) is 4.39 Å². The van der Waals surface area contributed by atoms with Gasteiger partial charge in [0, 0.05) is 43.0 Å². The number of likely N-dealkylation sites (tertiary alicyclic amines) is 1. The zero-order valence-corrected chi connectivity index (χ0v) is 14.6. The molecule has 0 atom stereocenters. The van der Waals surface area contributed by atoms with E-state index in [0.29, 0.717) is 5.69 Å². The maximum Gasteiger partial charge on any atom is 0.227 e. The third-order valence-corrected chi connectivity index (χ3v) is 4.84. The number of carbonyl (C=O) groups is 1. The Morgan fingerprint density at radius 1 is 1.32 bits per heavy atom. The van der Waals surface area contributed by atoms with Crippen molar-refractivity contribution in [3.05, 3.63) is 48.0 Å². The second-order valence-corrected chi connectivity index (χ2v) is 6.50. The lowest BCUT2D eigenvalue weighted by Gasteiger charge is -2.31. The molecule has 1 N–H and O–H groups in total. The van der Waals surface area contributed by atoms with Crippen LogP contribution in [-0.4, -0.2) is 40.2 Å². The summed E-state index contributed by atoms with van der Waals surface area (Å²) in [6.45, 7) is 5.82. The first-order valence-electron chi connectivity index (χ1n) is 8.95. The van der Waals surface area contributed by atoms with E-state index in [-0.39, 0.29) is 17.6 Å². The molecule has 1 amide bonds. The Kier molecular flexibility index (Phi) is 5.81. The molecule has 1 aromatic heterocycles. The molecular formula is C19H25FN4O. The summed E-state index contributed by atoms with van der Waals surface area (Å²) in [5, 5.41) is 7.13. The van der Waals surface area contributed by atoms with Gasteiger partial charge in [0.1, 0.15) is 5.82 Å². The number of benzene rings is 1. The van der Waals surface area contributed by atoms with Crippen molar-refractivity contribution >= 4 is 11.6 Å². The Hall–Kier alpha value is -2.21. The molecule has 25 heavy (non-hydrogen) atoms. The van der Waals surface area contributed by atoms with Crippen molar-refractivity contribution in [2.75, 3.05) is 25.0 Å². The van der Waals surface area contributed by atoms with Crippen molar-refractivity contribution < 1.29 is 9.18 Å². The van der Waals surface area contributed by atoms with Gasteiger partial charge in [0.25, 0.3) is 0 Å². The predicted octanol–water partition coefficient (Wildman–Crippen LogP) is 2.94. The van der Waals surface area contributed by atoms with Gasteiger partial charge in [0.2, 0.25) is 5.91 Å². The molecule has 2 heterocycles. The third-order valence-electron chi connectivity index (χ3n) is 4.84.